The van der Waals surface area contributed by atoms with Gasteiger partial charge in [0.05, 0.1) is 5.57 Å². The number of piperidine rings is 1. The molecule has 0 N–H and O–H groups in total. The van der Waals surface area contributed by atoms with Crippen LogP contribution in [0.4, 0.5) is 43.9 Å². The van der Waals surface area contributed by atoms with Crippen LogP contribution in [0.2, 0.25) is 0 Å². The van der Waals surface area contributed by atoms with E-state index < -0.39 is 73.8 Å². The molecule has 0 aromatic carbocycles. The van der Waals surface area contributed by atoms with Crippen LogP contribution in [0.25, 0.3) is 0 Å². The van der Waals surface area contributed by atoms with Gasteiger partial charge in [-0.2, -0.15) is 59.7 Å². The molecule has 1 saturated heterocycles. The summed E-state index contributed by atoms with van der Waals surface area (Å²) >= 11 is 0. The Balaban J connectivity index is 2.41. The fraction of sp³-hybridized carbons (Fsp3) is 0.696. The number of halogens is 10. The van der Waals surface area contributed by atoms with Crippen LogP contribution in [0.15, 0.2) is 22.4 Å². The number of nitrogens with zero attached hydrogens (tertiary/aromatic N) is 4. The molecule has 2 aliphatic rings. The van der Waals surface area contributed by atoms with Crippen LogP contribution in [0.3, 0.4) is 0 Å². The van der Waals surface area contributed by atoms with Crippen LogP contribution in [0, 0.1) is 45.3 Å². The van der Waals surface area contributed by atoms with Crippen molar-refractivity contribution >= 4 is 0 Å². The van der Waals surface area contributed by atoms with E-state index in [-0.39, 0.29) is 35.3 Å². The molecule has 1 heterocycles. The summed E-state index contributed by atoms with van der Waals surface area (Å²) in [5, 5.41) is 28.1. The zero-order valence-corrected chi connectivity index (χ0v) is 19.9. The fourth-order valence-electron chi connectivity index (χ4n) is 4.57. The van der Waals surface area contributed by atoms with Crippen molar-refractivity contribution in [2.45, 2.75) is 76.1 Å². The van der Waals surface area contributed by atoms with E-state index in [1.807, 2.05) is 6.07 Å². The summed E-state index contributed by atoms with van der Waals surface area (Å²) in [5.41, 5.74) is -0.701. The van der Waals surface area contributed by atoms with Gasteiger partial charge in [0.2, 0.25) is 0 Å². The van der Waals surface area contributed by atoms with Crippen molar-refractivity contribution in [3.05, 3.63) is 22.4 Å². The summed E-state index contributed by atoms with van der Waals surface area (Å²) in [6.45, 7) is 1.73. The third kappa shape index (κ3) is 4.85. The lowest BCUT2D eigenvalue weighted by atomic mass is 9.72. The van der Waals surface area contributed by atoms with Crippen LogP contribution in [0.1, 0.15) is 46.5 Å². The van der Waals surface area contributed by atoms with Gasteiger partial charge in [-0.1, -0.05) is 13.8 Å². The van der Waals surface area contributed by atoms with E-state index in [9.17, 15) is 59.7 Å². The minimum atomic E-state index is -7.08. The first-order chi connectivity index (χ1) is 16.6. The number of alkyl halides is 10. The van der Waals surface area contributed by atoms with E-state index in [4.69, 9.17) is 0 Å². The van der Waals surface area contributed by atoms with E-state index in [1.165, 1.54) is 4.90 Å². The molecule has 0 aromatic heterocycles. The van der Waals surface area contributed by atoms with Gasteiger partial charge in [0.1, 0.15) is 23.8 Å². The molecule has 0 atom stereocenters. The van der Waals surface area contributed by atoms with Crippen molar-refractivity contribution in [2.24, 2.45) is 11.3 Å². The molecule has 0 amide bonds. The van der Waals surface area contributed by atoms with Gasteiger partial charge in [-0.3, -0.25) is 0 Å². The highest BCUT2D eigenvalue weighted by Gasteiger charge is 2.85. The van der Waals surface area contributed by atoms with E-state index >= 15 is 0 Å². The van der Waals surface area contributed by atoms with Crippen LogP contribution in [-0.4, -0.2) is 47.6 Å². The molecule has 1 aliphatic heterocycles. The van der Waals surface area contributed by atoms with Crippen LogP contribution >= 0.6 is 0 Å². The number of hydrogen-bond acceptors (Lipinski definition) is 4. The second-order valence-electron chi connectivity index (χ2n) is 10.0. The van der Waals surface area contributed by atoms with Gasteiger partial charge in [-0.25, -0.2) is 0 Å². The second kappa shape index (κ2) is 9.41. The lowest BCUT2D eigenvalue weighted by molar-refractivity contribution is -0.406. The van der Waals surface area contributed by atoms with Crippen LogP contribution in [-0.2, 0) is 0 Å². The van der Waals surface area contributed by atoms with Crippen LogP contribution in [0.5, 0.6) is 0 Å². The smallest absolute Gasteiger partial charge is 0.374 e. The van der Waals surface area contributed by atoms with E-state index in [1.54, 1.807) is 26.0 Å². The third-order valence-corrected chi connectivity index (χ3v) is 6.68. The fourth-order valence-corrected chi connectivity index (χ4v) is 4.57. The highest BCUT2D eigenvalue weighted by molar-refractivity contribution is 5.57. The molecule has 204 valence electrons. The van der Waals surface area contributed by atoms with Crippen molar-refractivity contribution in [3.63, 3.8) is 0 Å². The molecule has 0 aromatic rings. The molecule has 0 radical (unpaired) electrons. The Morgan fingerprint density at radius 2 is 1.30 bits per heavy atom. The van der Waals surface area contributed by atoms with Gasteiger partial charge in [-0.15, -0.1) is 0 Å². The predicted molar refractivity (Wildman–Crippen MR) is 109 cm³/mol. The first kappa shape index (κ1) is 30.3. The van der Waals surface area contributed by atoms with Gasteiger partial charge < -0.3 is 4.90 Å². The van der Waals surface area contributed by atoms with Gasteiger partial charge in [0.15, 0.2) is 0 Å². The number of hydrogen-bond donors (Lipinski definition) is 0. The Kier molecular flexibility index (Phi) is 7.70. The molecule has 2 rings (SSSR count). The van der Waals surface area contributed by atoms with Gasteiger partial charge in [0.25, 0.3) is 0 Å². The van der Waals surface area contributed by atoms with Gasteiger partial charge >= 0.3 is 29.6 Å². The van der Waals surface area contributed by atoms with Crippen molar-refractivity contribution in [2.75, 3.05) is 13.1 Å². The normalized spacial score (nSPS) is 20.3. The quantitative estimate of drug-likeness (QED) is 0.271. The maximum atomic E-state index is 14.6. The highest BCUT2D eigenvalue weighted by Crippen LogP contribution is 2.59. The van der Waals surface area contributed by atoms with Crippen molar-refractivity contribution in [1.82, 2.24) is 4.90 Å². The standard InChI is InChI=1S/C23H22F10N4/c1-18(2)8-15(13(10-34)11-35)16(12-36)17(9-18)37-6-4-14(5-7-37)20(26,27)22(30,31)23(32,33)21(28,29)19(3,24)25/h14H,4-9H2,1-3H3. The summed E-state index contributed by atoms with van der Waals surface area (Å²) in [6, 6.07) is 5.21. The number of rotatable bonds is 6. The molecule has 0 unspecified atom stereocenters. The average molecular weight is 544 g/mol. The molecule has 0 spiro atoms. The Bertz CT molecular complexity index is 1090. The third-order valence-electron chi connectivity index (χ3n) is 6.68. The maximum Gasteiger partial charge on any atom is 0.384 e. The van der Waals surface area contributed by atoms with Gasteiger partial charge in [0, 0.05) is 37.2 Å². The topological polar surface area (TPSA) is 74.6 Å². The Hall–Kier alpha value is -2.95. The minimum absolute atomic E-state index is 0.0793. The zero-order chi connectivity index (χ0) is 28.8. The van der Waals surface area contributed by atoms with Crippen molar-refractivity contribution in [3.8, 4) is 18.2 Å². The largest absolute Gasteiger partial charge is 0.384 e. The van der Waals surface area contributed by atoms with E-state index in [0.717, 1.165) is 0 Å². The minimum Gasteiger partial charge on any atom is -0.374 e. The molecule has 1 aliphatic carbocycles. The molecule has 14 heteroatoms. The monoisotopic (exact) mass is 544 g/mol. The summed E-state index contributed by atoms with van der Waals surface area (Å²) in [4.78, 5) is 1.35. The molecule has 4 nitrogen and oxygen atoms in total. The molecule has 0 saturated carbocycles. The predicted octanol–water partition coefficient (Wildman–Crippen LogP) is 6.84. The number of nitriles is 3. The molecule has 0 bridgehead atoms. The summed E-state index contributed by atoms with van der Waals surface area (Å²) in [6.07, 6.45) is -1.52. The maximum absolute atomic E-state index is 14.6. The Labute approximate surface area is 206 Å². The molecule has 37 heavy (non-hydrogen) atoms. The van der Waals surface area contributed by atoms with E-state index in [0.29, 0.717) is 0 Å². The SMILES string of the molecule is CC1(C)CC(=C(C#N)C#N)C(C#N)=C(N2CCC(C(F)(F)C(F)(F)C(F)(F)C(F)(F)C(C)(F)F)CC2)C1. The molecule has 1 fully saturated rings. The first-order valence-electron chi connectivity index (χ1n) is 10.9. The van der Waals surface area contributed by atoms with E-state index in [2.05, 4.69) is 0 Å². The lowest BCUT2D eigenvalue weighted by Gasteiger charge is -2.45. The molecular weight excluding hydrogens is 522 g/mol. The Morgan fingerprint density at radius 1 is 0.811 bits per heavy atom. The van der Waals surface area contributed by atoms with Crippen LogP contribution < -0.4 is 0 Å². The lowest BCUT2D eigenvalue weighted by Crippen LogP contribution is -2.68. The molecular formula is C23H22F10N4. The average Bonchev–Trinajstić information content (AvgIpc) is 2.78. The van der Waals surface area contributed by atoms with Crippen molar-refractivity contribution < 1.29 is 43.9 Å². The summed E-state index contributed by atoms with van der Waals surface area (Å²) in [5.74, 6) is -34.7. The Morgan fingerprint density at radius 3 is 1.70 bits per heavy atom. The number of allylic oxidation sites excluding steroid dienone is 4. The number of likely N-dealkylation sites (tertiary alicyclic amines) is 1. The van der Waals surface area contributed by atoms with Crippen molar-refractivity contribution in [1.29, 1.82) is 15.8 Å². The zero-order valence-electron chi connectivity index (χ0n) is 19.9. The second-order valence-corrected chi connectivity index (χ2v) is 10.0. The summed E-state index contributed by atoms with van der Waals surface area (Å²) < 4.78 is 139. The van der Waals surface area contributed by atoms with Gasteiger partial charge in [-0.05, 0) is 31.1 Å². The first-order valence-corrected chi connectivity index (χ1v) is 10.9. The summed E-state index contributed by atoms with van der Waals surface area (Å²) in [7, 11) is 0. The highest BCUT2D eigenvalue weighted by atomic mass is 19.4.